The molecule has 0 radical (unpaired) electrons. The van der Waals surface area contributed by atoms with E-state index >= 15 is 0 Å². The van der Waals surface area contributed by atoms with E-state index in [0.29, 0.717) is 19.6 Å². The predicted molar refractivity (Wildman–Crippen MR) is 85.3 cm³/mol. The number of rotatable bonds is 7. The van der Waals surface area contributed by atoms with E-state index in [1.54, 1.807) is 0 Å². The molecule has 1 fully saturated rings. The molecule has 1 saturated carbocycles. The van der Waals surface area contributed by atoms with Gasteiger partial charge in [-0.1, -0.05) is 15.9 Å². The van der Waals surface area contributed by atoms with Crippen molar-refractivity contribution in [3.05, 3.63) is 22.2 Å². The fraction of sp³-hybridized carbons (Fsp3) is 0.533. The van der Waals surface area contributed by atoms with Crippen LogP contribution in [0.4, 0.5) is 0 Å². The Labute approximate surface area is 136 Å². The second-order valence-corrected chi connectivity index (χ2v) is 6.51. The first-order valence-corrected chi connectivity index (χ1v) is 8.56. The highest BCUT2D eigenvalue weighted by Gasteiger charge is 2.43. The van der Waals surface area contributed by atoms with Crippen LogP contribution in [0, 0.1) is 16.7 Å². The standard InChI is InChI=1S/C15H17Br2NO2/c1-2-19-13-8-11(9-16)7-12(17)14(13)20-10-15(3-4-15)5-6-18/h7-8H,2-5,9-10H2,1H3. The van der Waals surface area contributed by atoms with Crippen LogP contribution in [0.5, 0.6) is 11.5 Å². The maximum atomic E-state index is 8.86. The first kappa shape index (κ1) is 15.7. The predicted octanol–water partition coefficient (Wildman–Crippen LogP) is 4.82. The van der Waals surface area contributed by atoms with Gasteiger partial charge in [0.25, 0.3) is 0 Å². The lowest BCUT2D eigenvalue weighted by Gasteiger charge is -2.18. The molecule has 1 aromatic rings. The Balaban J connectivity index is 2.15. The third-order valence-corrected chi connectivity index (χ3v) is 4.69. The quantitative estimate of drug-likeness (QED) is 0.614. The van der Waals surface area contributed by atoms with Crippen molar-refractivity contribution in [2.24, 2.45) is 5.41 Å². The Bertz CT molecular complexity index is 521. The highest BCUT2D eigenvalue weighted by atomic mass is 79.9. The summed E-state index contributed by atoms with van der Waals surface area (Å²) in [5.74, 6) is 1.49. The maximum absolute atomic E-state index is 8.86. The summed E-state index contributed by atoms with van der Waals surface area (Å²) in [5.41, 5.74) is 1.19. The molecule has 0 amide bonds. The highest BCUT2D eigenvalue weighted by Crippen LogP contribution is 2.49. The van der Waals surface area contributed by atoms with Gasteiger partial charge in [-0.25, -0.2) is 0 Å². The van der Waals surface area contributed by atoms with Crippen LogP contribution >= 0.6 is 31.9 Å². The topological polar surface area (TPSA) is 42.2 Å². The fourth-order valence-corrected chi connectivity index (χ4v) is 2.97. The first-order valence-electron chi connectivity index (χ1n) is 6.65. The van der Waals surface area contributed by atoms with Crippen LogP contribution in [0.3, 0.4) is 0 Å². The summed E-state index contributed by atoms with van der Waals surface area (Å²) in [5, 5.41) is 9.62. The van der Waals surface area contributed by atoms with Crippen molar-refractivity contribution >= 4 is 31.9 Å². The minimum atomic E-state index is 0.0613. The van der Waals surface area contributed by atoms with Crippen molar-refractivity contribution in [3.8, 4) is 17.6 Å². The Kier molecular flexibility index (Phi) is 5.34. The molecule has 1 aromatic carbocycles. The van der Waals surface area contributed by atoms with E-state index in [0.717, 1.165) is 39.7 Å². The third kappa shape index (κ3) is 3.67. The van der Waals surface area contributed by atoms with Gasteiger partial charge in [-0.05, 0) is 53.4 Å². The number of alkyl halides is 1. The smallest absolute Gasteiger partial charge is 0.175 e. The fourth-order valence-electron chi connectivity index (χ4n) is 2.04. The lowest BCUT2D eigenvalue weighted by atomic mass is 10.1. The summed E-state index contributed by atoms with van der Waals surface area (Å²) in [6.45, 7) is 3.13. The molecule has 1 aliphatic rings. The van der Waals surface area contributed by atoms with Gasteiger partial charge in [-0.3, -0.25) is 0 Å². The van der Waals surface area contributed by atoms with Gasteiger partial charge in [0.05, 0.1) is 23.8 Å². The molecule has 0 unspecified atom stereocenters. The number of hydrogen-bond donors (Lipinski definition) is 0. The molecule has 0 atom stereocenters. The van der Waals surface area contributed by atoms with Crippen LogP contribution in [0.15, 0.2) is 16.6 Å². The number of nitrogens with zero attached hydrogens (tertiary/aromatic N) is 1. The van der Waals surface area contributed by atoms with Gasteiger partial charge >= 0.3 is 0 Å². The maximum Gasteiger partial charge on any atom is 0.175 e. The van der Waals surface area contributed by atoms with Crippen LogP contribution < -0.4 is 9.47 Å². The van der Waals surface area contributed by atoms with Crippen molar-refractivity contribution in [2.45, 2.75) is 31.5 Å². The largest absolute Gasteiger partial charge is 0.490 e. The molecule has 0 N–H and O–H groups in total. The highest BCUT2D eigenvalue weighted by molar-refractivity contribution is 9.10. The molecule has 3 nitrogen and oxygen atoms in total. The monoisotopic (exact) mass is 401 g/mol. The summed E-state index contributed by atoms with van der Waals surface area (Å²) in [7, 11) is 0. The summed E-state index contributed by atoms with van der Waals surface area (Å²) in [6.07, 6.45) is 2.71. The van der Waals surface area contributed by atoms with Crippen LogP contribution in [-0.4, -0.2) is 13.2 Å². The second-order valence-electron chi connectivity index (χ2n) is 5.10. The van der Waals surface area contributed by atoms with Gasteiger partial charge in [0.1, 0.15) is 0 Å². The Morgan fingerprint density at radius 2 is 2.10 bits per heavy atom. The van der Waals surface area contributed by atoms with Crippen LogP contribution in [0.25, 0.3) is 0 Å². The number of ether oxygens (including phenoxy) is 2. The molecule has 108 valence electrons. The molecule has 2 rings (SSSR count). The minimum absolute atomic E-state index is 0.0613. The van der Waals surface area contributed by atoms with E-state index in [4.69, 9.17) is 14.7 Å². The zero-order chi connectivity index (χ0) is 14.6. The Morgan fingerprint density at radius 1 is 1.35 bits per heavy atom. The van der Waals surface area contributed by atoms with E-state index in [1.807, 2.05) is 19.1 Å². The summed E-state index contributed by atoms with van der Waals surface area (Å²) >= 11 is 6.99. The van der Waals surface area contributed by atoms with Crippen molar-refractivity contribution in [1.82, 2.24) is 0 Å². The Hall–Kier alpha value is -0.730. The van der Waals surface area contributed by atoms with Gasteiger partial charge in [-0.15, -0.1) is 0 Å². The molecule has 0 aromatic heterocycles. The molecular formula is C15H17Br2NO2. The van der Waals surface area contributed by atoms with Crippen molar-refractivity contribution in [2.75, 3.05) is 13.2 Å². The zero-order valence-corrected chi connectivity index (χ0v) is 14.6. The third-order valence-electron chi connectivity index (χ3n) is 3.46. The molecule has 0 aliphatic heterocycles. The van der Waals surface area contributed by atoms with Gasteiger partial charge < -0.3 is 9.47 Å². The summed E-state index contributed by atoms with van der Waals surface area (Å²) in [6, 6.07) is 6.26. The molecule has 0 spiro atoms. The van der Waals surface area contributed by atoms with Crippen LogP contribution in [-0.2, 0) is 5.33 Å². The lowest BCUT2D eigenvalue weighted by Crippen LogP contribution is -2.13. The summed E-state index contributed by atoms with van der Waals surface area (Å²) in [4.78, 5) is 0. The molecule has 20 heavy (non-hydrogen) atoms. The van der Waals surface area contributed by atoms with E-state index in [1.165, 1.54) is 0 Å². The minimum Gasteiger partial charge on any atom is -0.490 e. The molecule has 0 heterocycles. The van der Waals surface area contributed by atoms with E-state index in [2.05, 4.69) is 37.9 Å². The van der Waals surface area contributed by atoms with E-state index in [-0.39, 0.29) is 5.41 Å². The SMILES string of the molecule is CCOc1cc(CBr)cc(Br)c1OCC1(CC#N)CC1. The average Bonchev–Trinajstić information content (AvgIpc) is 3.18. The normalized spacial score (nSPS) is 15.5. The number of hydrogen-bond acceptors (Lipinski definition) is 3. The zero-order valence-electron chi connectivity index (χ0n) is 11.4. The van der Waals surface area contributed by atoms with E-state index in [9.17, 15) is 0 Å². The van der Waals surface area contributed by atoms with Crippen LogP contribution in [0.2, 0.25) is 0 Å². The molecule has 5 heteroatoms. The summed E-state index contributed by atoms with van der Waals surface area (Å²) < 4.78 is 12.5. The van der Waals surface area contributed by atoms with Gasteiger partial charge in [-0.2, -0.15) is 5.26 Å². The van der Waals surface area contributed by atoms with E-state index < -0.39 is 0 Å². The van der Waals surface area contributed by atoms with Gasteiger partial charge in [0, 0.05) is 17.2 Å². The van der Waals surface area contributed by atoms with Gasteiger partial charge in [0.15, 0.2) is 11.5 Å². The second kappa shape index (κ2) is 6.82. The number of benzene rings is 1. The van der Waals surface area contributed by atoms with Gasteiger partial charge in [0.2, 0.25) is 0 Å². The molecule has 0 bridgehead atoms. The van der Waals surface area contributed by atoms with Crippen molar-refractivity contribution in [1.29, 1.82) is 5.26 Å². The number of nitriles is 1. The van der Waals surface area contributed by atoms with Crippen molar-refractivity contribution in [3.63, 3.8) is 0 Å². The average molecular weight is 403 g/mol. The number of halogens is 2. The molecule has 0 saturated heterocycles. The van der Waals surface area contributed by atoms with Crippen molar-refractivity contribution < 1.29 is 9.47 Å². The first-order chi connectivity index (χ1) is 9.64. The lowest BCUT2D eigenvalue weighted by molar-refractivity contribution is 0.220. The van der Waals surface area contributed by atoms with Crippen LogP contribution in [0.1, 0.15) is 31.7 Å². The molecule has 1 aliphatic carbocycles. The molecular weight excluding hydrogens is 386 g/mol. The Morgan fingerprint density at radius 3 is 2.65 bits per heavy atom.